The summed E-state index contributed by atoms with van der Waals surface area (Å²) in [6, 6.07) is 0. The molecule has 0 aromatic heterocycles. The van der Waals surface area contributed by atoms with Crippen molar-refractivity contribution in [1.29, 1.82) is 0 Å². The lowest BCUT2D eigenvalue weighted by Gasteiger charge is -2.29. The van der Waals surface area contributed by atoms with Crippen LogP contribution in [0.2, 0.25) is 0 Å². The van der Waals surface area contributed by atoms with Crippen LogP contribution >= 0.6 is 0 Å². The quantitative estimate of drug-likeness (QED) is 0.534. The molecule has 4 heteroatoms. The molecule has 4 nitrogen and oxygen atoms in total. The standard InChI is InChI=1S/C13H29NO3/c1-5-7-14-12-13(3,6-2)17-11-10-16-9-8-15-4/h14H,5-12H2,1-4H3. The summed E-state index contributed by atoms with van der Waals surface area (Å²) in [7, 11) is 1.67. The summed E-state index contributed by atoms with van der Waals surface area (Å²) >= 11 is 0. The Morgan fingerprint density at radius 3 is 2.35 bits per heavy atom. The van der Waals surface area contributed by atoms with Crippen LogP contribution in [0.4, 0.5) is 0 Å². The zero-order valence-corrected chi connectivity index (χ0v) is 11.9. The normalized spacial score (nSPS) is 14.8. The first-order valence-corrected chi connectivity index (χ1v) is 6.60. The lowest BCUT2D eigenvalue weighted by molar-refractivity contribution is -0.0610. The summed E-state index contributed by atoms with van der Waals surface area (Å²) in [5.41, 5.74) is -0.0835. The van der Waals surface area contributed by atoms with Crippen molar-refractivity contribution in [3.63, 3.8) is 0 Å². The Morgan fingerprint density at radius 1 is 1.06 bits per heavy atom. The minimum absolute atomic E-state index is 0.0835. The van der Waals surface area contributed by atoms with Gasteiger partial charge in [0.15, 0.2) is 0 Å². The van der Waals surface area contributed by atoms with Crippen molar-refractivity contribution in [3.8, 4) is 0 Å². The van der Waals surface area contributed by atoms with Crippen molar-refractivity contribution in [3.05, 3.63) is 0 Å². The molecule has 17 heavy (non-hydrogen) atoms. The maximum Gasteiger partial charge on any atom is 0.0776 e. The highest BCUT2D eigenvalue weighted by molar-refractivity contribution is 4.76. The molecule has 0 aliphatic carbocycles. The molecule has 0 fully saturated rings. The van der Waals surface area contributed by atoms with Crippen molar-refractivity contribution in [2.45, 2.75) is 39.2 Å². The summed E-state index contributed by atoms with van der Waals surface area (Å²) < 4.78 is 16.1. The molecule has 0 spiro atoms. The van der Waals surface area contributed by atoms with E-state index in [2.05, 4.69) is 26.1 Å². The van der Waals surface area contributed by atoms with E-state index in [9.17, 15) is 0 Å². The highest BCUT2D eigenvalue weighted by atomic mass is 16.5. The summed E-state index contributed by atoms with van der Waals surface area (Å²) in [6.45, 7) is 11.0. The monoisotopic (exact) mass is 247 g/mol. The average molecular weight is 247 g/mol. The smallest absolute Gasteiger partial charge is 0.0776 e. The SMILES string of the molecule is CCCNCC(C)(CC)OCCOCCOC. The Kier molecular flexibility index (Phi) is 10.9. The highest BCUT2D eigenvalue weighted by Crippen LogP contribution is 2.13. The number of methoxy groups -OCH3 is 1. The summed E-state index contributed by atoms with van der Waals surface area (Å²) in [5.74, 6) is 0. The predicted octanol–water partition coefficient (Wildman–Crippen LogP) is 1.83. The van der Waals surface area contributed by atoms with Crippen LogP contribution in [0.15, 0.2) is 0 Å². The van der Waals surface area contributed by atoms with Crippen molar-refractivity contribution in [2.24, 2.45) is 0 Å². The van der Waals surface area contributed by atoms with Crippen molar-refractivity contribution >= 4 is 0 Å². The van der Waals surface area contributed by atoms with Crippen LogP contribution in [0.5, 0.6) is 0 Å². The van der Waals surface area contributed by atoms with E-state index >= 15 is 0 Å². The van der Waals surface area contributed by atoms with Crippen molar-refractivity contribution in [1.82, 2.24) is 5.32 Å². The third-order valence-corrected chi connectivity index (χ3v) is 2.78. The fraction of sp³-hybridized carbons (Fsp3) is 1.00. The van der Waals surface area contributed by atoms with Crippen LogP contribution in [0.1, 0.15) is 33.6 Å². The van der Waals surface area contributed by atoms with Gasteiger partial charge in [0.1, 0.15) is 0 Å². The molecule has 0 saturated carbocycles. The molecule has 0 bridgehead atoms. The van der Waals surface area contributed by atoms with Crippen LogP contribution in [-0.2, 0) is 14.2 Å². The summed E-state index contributed by atoms with van der Waals surface area (Å²) in [4.78, 5) is 0. The van der Waals surface area contributed by atoms with E-state index in [1.54, 1.807) is 7.11 Å². The van der Waals surface area contributed by atoms with Crippen LogP contribution in [0.3, 0.4) is 0 Å². The van der Waals surface area contributed by atoms with Crippen LogP contribution < -0.4 is 5.32 Å². The third-order valence-electron chi connectivity index (χ3n) is 2.78. The fourth-order valence-corrected chi connectivity index (χ4v) is 1.40. The molecule has 0 aromatic carbocycles. The third kappa shape index (κ3) is 9.53. The summed E-state index contributed by atoms with van der Waals surface area (Å²) in [6.07, 6.45) is 2.15. The molecule has 104 valence electrons. The molecule has 1 atom stereocenters. The van der Waals surface area contributed by atoms with E-state index in [0.29, 0.717) is 26.4 Å². The first-order valence-electron chi connectivity index (χ1n) is 6.60. The zero-order valence-electron chi connectivity index (χ0n) is 11.9. The van der Waals surface area contributed by atoms with Gasteiger partial charge < -0.3 is 19.5 Å². The Labute approximate surface area is 106 Å². The van der Waals surface area contributed by atoms with Gasteiger partial charge in [0.2, 0.25) is 0 Å². The van der Waals surface area contributed by atoms with E-state index in [-0.39, 0.29) is 5.60 Å². The number of nitrogens with one attached hydrogen (secondary N) is 1. The molecule has 0 rings (SSSR count). The molecule has 1 unspecified atom stereocenters. The van der Waals surface area contributed by atoms with Crippen LogP contribution in [0.25, 0.3) is 0 Å². The maximum absolute atomic E-state index is 5.88. The maximum atomic E-state index is 5.88. The summed E-state index contributed by atoms with van der Waals surface area (Å²) in [5, 5.41) is 3.40. The van der Waals surface area contributed by atoms with Gasteiger partial charge in [0, 0.05) is 13.7 Å². The van der Waals surface area contributed by atoms with Gasteiger partial charge in [-0.3, -0.25) is 0 Å². The first-order chi connectivity index (χ1) is 8.18. The molecule has 0 heterocycles. The number of hydrogen-bond donors (Lipinski definition) is 1. The molecule has 0 radical (unpaired) electrons. The van der Waals surface area contributed by atoms with Gasteiger partial charge in [-0.2, -0.15) is 0 Å². The average Bonchev–Trinajstić information content (AvgIpc) is 2.34. The van der Waals surface area contributed by atoms with E-state index in [0.717, 1.165) is 25.9 Å². The fourth-order valence-electron chi connectivity index (χ4n) is 1.40. The van der Waals surface area contributed by atoms with Crippen LogP contribution in [-0.4, -0.2) is 52.2 Å². The first kappa shape index (κ1) is 16.8. The van der Waals surface area contributed by atoms with E-state index in [4.69, 9.17) is 14.2 Å². The predicted molar refractivity (Wildman–Crippen MR) is 70.5 cm³/mol. The lowest BCUT2D eigenvalue weighted by Crippen LogP contribution is -2.41. The minimum Gasteiger partial charge on any atom is -0.382 e. The van der Waals surface area contributed by atoms with Gasteiger partial charge in [-0.1, -0.05) is 13.8 Å². The van der Waals surface area contributed by atoms with E-state index in [1.165, 1.54) is 0 Å². The van der Waals surface area contributed by atoms with Crippen molar-refractivity contribution < 1.29 is 14.2 Å². The lowest BCUT2D eigenvalue weighted by atomic mass is 10.0. The molecular weight excluding hydrogens is 218 g/mol. The second kappa shape index (κ2) is 11.0. The second-order valence-corrected chi connectivity index (χ2v) is 4.43. The molecule has 0 saturated heterocycles. The van der Waals surface area contributed by atoms with Gasteiger partial charge in [0.25, 0.3) is 0 Å². The molecule has 0 amide bonds. The van der Waals surface area contributed by atoms with Crippen molar-refractivity contribution in [2.75, 3.05) is 46.6 Å². The van der Waals surface area contributed by atoms with Gasteiger partial charge in [-0.15, -0.1) is 0 Å². The second-order valence-electron chi connectivity index (χ2n) is 4.43. The van der Waals surface area contributed by atoms with E-state index < -0.39 is 0 Å². The Bertz CT molecular complexity index is 167. The highest BCUT2D eigenvalue weighted by Gasteiger charge is 2.21. The molecule has 0 aromatic rings. The number of ether oxygens (including phenoxy) is 3. The molecule has 0 aliphatic heterocycles. The molecule has 1 N–H and O–H groups in total. The Hall–Kier alpha value is -0.160. The largest absolute Gasteiger partial charge is 0.382 e. The van der Waals surface area contributed by atoms with Crippen LogP contribution in [0, 0.1) is 0 Å². The van der Waals surface area contributed by atoms with Gasteiger partial charge in [-0.05, 0) is 26.3 Å². The zero-order chi connectivity index (χ0) is 13.0. The Balaban J connectivity index is 3.57. The minimum atomic E-state index is -0.0835. The van der Waals surface area contributed by atoms with Gasteiger partial charge in [0.05, 0.1) is 32.0 Å². The topological polar surface area (TPSA) is 39.7 Å². The Morgan fingerprint density at radius 2 is 1.76 bits per heavy atom. The van der Waals surface area contributed by atoms with Gasteiger partial charge in [-0.25, -0.2) is 0 Å². The molecule has 0 aliphatic rings. The number of rotatable bonds is 12. The van der Waals surface area contributed by atoms with Gasteiger partial charge >= 0.3 is 0 Å². The number of hydrogen-bond acceptors (Lipinski definition) is 4. The molecular formula is C13H29NO3. The van der Waals surface area contributed by atoms with E-state index in [1.807, 2.05) is 0 Å².